The zero-order chi connectivity index (χ0) is 15.1. The van der Waals surface area contributed by atoms with Crippen molar-refractivity contribution in [2.45, 2.75) is 12.8 Å². The molecule has 0 aliphatic heterocycles. The van der Waals surface area contributed by atoms with Crippen molar-refractivity contribution in [1.29, 1.82) is 0 Å². The number of anilines is 1. The summed E-state index contributed by atoms with van der Waals surface area (Å²) >= 11 is 1.39. The van der Waals surface area contributed by atoms with Gasteiger partial charge in [0.05, 0.1) is 7.11 Å². The van der Waals surface area contributed by atoms with E-state index in [1.807, 2.05) is 31.3 Å². The van der Waals surface area contributed by atoms with Gasteiger partial charge in [-0.2, -0.15) is 0 Å². The Morgan fingerprint density at radius 1 is 1.38 bits per heavy atom. The highest BCUT2D eigenvalue weighted by molar-refractivity contribution is 7.15. The maximum Gasteiger partial charge on any atom is 0.227 e. The second-order valence-corrected chi connectivity index (χ2v) is 5.49. The summed E-state index contributed by atoms with van der Waals surface area (Å²) in [4.78, 5) is 11.6. The van der Waals surface area contributed by atoms with Crippen molar-refractivity contribution in [1.82, 2.24) is 15.5 Å². The minimum atomic E-state index is -0.0616. The van der Waals surface area contributed by atoms with E-state index in [1.165, 1.54) is 11.3 Å². The lowest BCUT2D eigenvalue weighted by molar-refractivity contribution is -0.116. The summed E-state index contributed by atoms with van der Waals surface area (Å²) in [6.45, 7) is 0.640. The van der Waals surface area contributed by atoms with Gasteiger partial charge in [-0.25, -0.2) is 0 Å². The summed E-state index contributed by atoms with van der Waals surface area (Å²) in [6.07, 6.45) is 1.09. The minimum Gasteiger partial charge on any atom is -0.497 e. The number of amides is 1. The third kappa shape index (κ3) is 4.80. The van der Waals surface area contributed by atoms with Crippen LogP contribution < -0.4 is 15.4 Å². The third-order valence-corrected chi connectivity index (χ3v) is 3.64. The number of aromatic nitrogens is 2. The second kappa shape index (κ2) is 7.70. The molecule has 0 spiro atoms. The number of rotatable bonds is 7. The van der Waals surface area contributed by atoms with Crippen LogP contribution >= 0.6 is 11.3 Å². The summed E-state index contributed by atoms with van der Waals surface area (Å²) in [6, 6.07) is 7.81. The molecule has 112 valence electrons. The van der Waals surface area contributed by atoms with E-state index in [-0.39, 0.29) is 5.91 Å². The van der Waals surface area contributed by atoms with Gasteiger partial charge in [-0.05, 0) is 24.7 Å². The maximum absolute atomic E-state index is 11.6. The molecule has 0 radical (unpaired) electrons. The van der Waals surface area contributed by atoms with E-state index in [2.05, 4.69) is 20.8 Å². The molecule has 21 heavy (non-hydrogen) atoms. The van der Waals surface area contributed by atoms with Gasteiger partial charge in [-0.1, -0.05) is 23.5 Å². The van der Waals surface area contributed by atoms with Gasteiger partial charge >= 0.3 is 0 Å². The van der Waals surface area contributed by atoms with Crippen LogP contribution in [0.15, 0.2) is 24.3 Å². The lowest BCUT2D eigenvalue weighted by atomic mass is 10.1. The van der Waals surface area contributed by atoms with Crippen LogP contribution in [0.3, 0.4) is 0 Å². The van der Waals surface area contributed by atoms with Crippen molar-refractivity contribution < 1.29 is 9.53 Å². The molecule has 0 unspecified atom stereocenters. The smallest absolute Gasteiger partial charge is 0.227 e. The normalized spacial score (nSPS) is 10.4. The second-order valence-electron chi connectivity index (χ2n) is 4.43. The number of nitrogens with zero attached hydrogens (tertiary/aromatic N) is 2. The Bertz CT molecular complexity index is 600. The highest BCUT2D eigenvalue weighted by atomic mass is 32.1. The van der Waals surface area contributed by atoms with Gasteiger partial charge in [0.1, 0.15) is 10.8 Å². The van der Waals surface area contributed by atoms with E-state index in [9.17, 15) is 4.79 Å². The number of methoxy groups -OCH3 is 1. The molecular formula is C14H18N4O2S. The Balaban J connectivity index is 1.94. The first kappa shape index (κ1) is 15.4. The molecule has 1 amide bonds. The number of ether oxygens (including phenoxy) is 1. The summed E-state index contributed by atoms with van der Waals surface area (Å²) in [5.41, 5.74) is 1.10. The largest absolute Gasteiger partial charge is 0.497 e. The molecule has 0 saturated carbocycles. The first-order valence-electron chi connectivity index (χ1n) is 6.61. The zero-order valence-electron chi connectivity index (χ0n) is 12.0. The van der Waals surface area contributed by atoms with Gasteiger partial charge in [0.25, 0.3) is 0 Å². The average molecular weight is 306 g/mol. The highest BCUT2D eigenvalue weighted by Crippen LogP contribution is 2.20. The molecule has 0 fully saturated rings. The number of benzene rings is 1. The summed E-state index contributed by atoms with van der Waals surface area (Å²) in [7, 11) is 3.45. The van der Waals surface area contributed by atoms with Crippen LogP contribution in [0.5, 0.6) is 5.75 Å². The van der Waals surface area contributed by atoms with Gasteiger partial charge in [0.2, 0.25) is 11.0 Å². The minimum absolute atomic E-state index is 0.0616. The topological polar surface area (TPSA) is 76.1 Å². The van der Waals surface area contributed by atoms with Crippen molar-refractivity contribution >= 4 is 22.4 Å². The molecular weight excluding hydrogens is 288 g/mol. The molecule has 2 N–H and O–H groups in total. The quantitative estimate of drug-likeness (QED) is 0.814. The SMILES string of the molecule is CNCCC(=O)Nc1nnc(Cc2cccc(OC)c2)s1. The number of hydrogen-bond donors (Lipinski definition) is 2. The number of hydrogen-bond acceptors (Lipinski definition) is 6. The van der Waals surface area contributed by atoms with Crippen molar-refractivity contribution in [2.24, 2.45) is 0 Å². The Labute approximate surface area is 127 Å². The van der Waals surface area contributed by atoms with Crippen molar-refractivity contribution in [2.75, 3.05) is 26.0 Å². The number of nitrogens with one attached hydrogen (secondary N) is 2. The Morgan fingerprint density at radius 2 is 2.24 bits per heavy atom. The van der Waals surface area contributed by atoms with Crippen LogP contribution in [0.25, 0.3) is 0 Å². The van der Waals surface area contributed by atoms with Crippen LogP contribution in [0.4, 0.5) is 5.13 Å². The van der Waals surface area contributed by atoms with E-state index >= 15 is 0 Å². The summed E-state index contributed by atoms with van der Waals surface area (Å²) in [5, 5.41) is 15.2. The third-order valence-electron chi connectivity index (χ3n) is 2.80. The van der Waals surface area contributed by atoms with Crippen LogP contribution in [0.1, 0.15) is 17.0 Å². The molecule has 2 rings (SSSR count). The molecule has 0 saturated heterocycles. The average Bonchev–Trinajstić information content (AvgIpc) is 2.92. The molecule has 6 nitrogen and oxygen atoms in total. The summed E-state index contributed by atoms with van der Waals surface area (Å²) in [5.74, 6) is 0.756. The van der Waals surface area contributed by atoms with Crippen molar-refractivity contribution in [3.8, 4) is 5.75 Å². The fourth-order valence-electron chi connectivity index (χ4n) is 1.75. The Kier molecular flexibility index (Phi) is 5.65. The molecule has 0 atom stereocenters. The predicted molar refractivity (Wildman–Crippen MR) is 82.9 cm³/mol. The molecule has 0 aliphatic rings. The standard InChI is InChI=1S/C14H18N4O2S/c1-15-7-6-12(19)16-14-18-17-13(21-14)9-10-4-3-5-11(8-10)20-2/h3-5,8,15H,6-7,9H2,1-2H3,(H,16,18,19). The zero-order valence-corrected chi connectivity index (χ0v) is 12.9. The van der Waals surface area contributed by atoms with Gasteiger partial charge in [-0.15, -0.1) is 10.2 Å². The molecule has 1 aromatic heterocycles. The molecule has 2 aromatic rings. The fraction of sp³-hybridized carbons (Fsp3) is 0.357. The Morgan fingerprint density at radius 3 is 3.00 bits per heavy atom. The summed E-state index contributed by atoms with van der Waals surface area (Å²) < 4.78 is 5.19. The predicted octanol–water partition coefficient (Wildman–Crippen LogP) is 1.69. The number of carbonyl (C=O) groups is 1. The van der Waals surface area contributed by atoms with Crippen molar-refractivity contribution in [3.05, 3.63) is 34.8 Å². The van der Waals surface area contributed by atoms with E-state index in [0.717, 1.165) is 16.3 Å². The molecule has 0 aliphatic carbocycles. The monoisotopic (exact) mass is 306 g/mol. The maximum atomic E-state index is 11.6. The Hall–Kier alpha value is -1.99. The first-order chi connectivity index (χ1) is 10.2. The van der Waals surface area contributed by atoms with Crippen LogP contribution in [0.2, 0.25) is 0 Å². The van der Waals surface area contributed by atoms with Crippen LogP contribution in [-0.4, -0.2) is 36.8 Å². The van der Waals surface area contributed by atoms with Gasteiger partial charge in [-0.3, -0.25) is 4.79 Å². The van der Waals surface area contributed by atoms with Crippen molar-refractivity contribution in [3.63, 3.8) is 0 Å². The lowest BCUT2D eigenvalue weighted by Gasteiger charge is -2.02. The fourth-order valence-corrected chi connectivity index (χ4v) is 2.54. The molecule has 1 heterocycles. The molecule has 1 aromatic carbocycles. The lowest BCUT2D eigenvalue weighted by Crippen LogP contribution is -2.18. The first-order valence-corrected chi connectivity index (χ1v) is 7.42. The van der Waals surface area contributed by atoms with Gasteiger partial charge in [0, 0.05) is 19.4 Å². The van der Waals surface area contributed by atoms with Crippen LogP contribution in [-0.2, 0) is 11.2 Å². The van der Waals surface area contributed by atoms with E-state index < -0.39 is 0 Å². The highest BCUT2D eigenvalue weighted by Gasteiger charge is 2.08. The van der Waals surface area contributed by atoms with E-state index in [0.29, 0.717) is 24.5 Å². The van der Waals surface area contributed by atoms with Gasteiger partial charge < -0.3 is 15.4 Å². The van der Waals surface area contributed by atoms with Gasteiger partial charge in [0.15, 0.2) is 0 Å². The molecule has 7 heteroatoms. The van der Waals surface area contributed by atoms with E-state index in [1.54, 1.807) is 7.11 Å². The van der Waals surface area contributed by atoms with Crippen LogP contribution in [0, 0.1) is 0 Å². The van der Waals surface area contributed by atoms with E-state index in [4.69, 9.17) is 4.74 Å². The number of carbonyl (C=O) groups excluding carboxylic acids is 1. The molecule has 0 bridgehead atoms.